The highest BCUT2D eigenvalue weighted by molar-refractivity contribution is 7.89. The number of nitrogens with zero attached hydrogens (tertiary/aromatic N) is 2. The van der Waals surface area contributed by atoms with Crippen molar-refractivity contribution in [2.24, 2.45) is 5.92 Å². The summed E-state index contributed by atoms with van der Waals surface area (Å²) in [6, 6.07) is 0. The van der Waals surface area contributed by atoms with Crippen LogP contribution in [0, 0.1) is 5.92 Å². The van der Waals surface area contributed by atoms with Gasteiger partial charge in [-0.25, -0.2) is 13.1 Å². The number of rotatable bonds is 6. The van der Waals surface area contributed by atoms with Crippen LogP contribution in [-0.2, 0) is 26.1 Å². The van der Waals surface area contributed by atoms with Crippen molar-refractivity contribution in [2.75, 3.05) is 19.8 Å². The van der Waals surface area contributed by atoms with Crippen molar-refractivity contribution in [1.82, 2.24) is 14.5 Å². The highest BCUT2D eigenvalue weighted by Crippen LogP contribution is 2.13. The monoisotopic (exact) mass is 289 g/mol. The van der Waals surface area contributed by atoms with E-state index in [0.717, 1.165) is 17.3 Å². The summed E-state index contributed by atoms with van der Waals surface area (Å²) in [5.74, 6) is -0.896. The second-order valence-electron chi connectivity index (χ2n) is 4.35. The van der Waals surface area contributed by atoms with Crippen LogP contribution in [-0.4, -0.2) is 49.0 Å². The summed E-state index contributed by atoms with van der Waals surface area (Å²) in [6.07, 6.45) is 3.17. The predicted molar refractivity (Wildman–Crippen MR) is 64.0 cm³/mol. The molecule has 2 N–H and O–H groups in total. The lowest BCUT2D eigenvalue weighted by Crippen LogP contribution is -2.29. The summed E-state index contributed by atoms with van der Waals surface area (Å²) in [7, 11) is -3.64. The molecular formula is C10H15N3O5S. The molecule has 9 heteroatoms. The van der Waals surface area contributed by atoms with E-state index < -0.39 is 16.0 Å². The van der Waals surface area contributed by atoms with Crippen LogP contribution >= 0.6 is 0 Å². The molecule has 1 aliphatic rings. The van der Waals surface area contributed by atoms with Crippen molar-refractivity contribution in [3.05, 3.63) is 12.4 Å². The van der Waals surface area contributed by atoms with Crippen LogP contribution < -0.4 is 4.72 Å². The van der Waals surface area contributed by atoms with E-state index in [2.05, 4.69) is 9.82 Å². The zero-order chi connectivity index (χ0) is 13.9. The van der Waals surface area contributed by atoms with Crippen LogP contribution in [0.1, 0.15) is 6.42 Å². The molecule has 0 spiro atoms. The van der Waals surface area contributed by atoms with Crippen LogP contribution in [0.25, 0.3) is 0 Å². The topological polar surface area (TPSA) is 111 Å². The minimum atomic E-state index is -3.64. The van der Waals surface area contributed by atoms with E-state index in [0.29, 0.717) is 19.8 Å². The molecule has 0 bridgehead atoms. The predicted octanol–water partition coefficient (Wildman–Crippen LogP) is -0.717. The molecule has 2 rings (SSSR count). The van der Waals surface area contributed by atoms with Gasteiger partial charge in [0.25, 0.3) is 0 Å². The Kier molecular flexibility index (Phi) is 4.17. The molecule has 1 saturated heterocycles. The van der Waals surface area contributed by atoms with Crippen molar-refractivity contribution in [3.8, 4) is 0 Å². The Balaban J connectivity index is 1.98. The summed E-state index contributed by atoms with van der Waals surface area (Å²) >= 11 is 0. The van der Waals surface area contributed by atoms with Crippen LogP contribution in [0.5, 0.6) is 0 Å². The molecule has 1 aliphatic heterocycles. The Bertz CT molecular complexity index is 547. The van der Waals surface area contributed by atoms with Gasteiger partial charge >= 0.3 is 5.97 Å². The molecule has 19 heavy (non-hydrogen) atoms. The molecule has 1 fully saturated rings. The van der Waals surface area contributed by atoms with Gasteiger partial charge in [-0.05, 0) is 12.3 Å². The second-order valence-corrected chi connectivity index (χ2v) is 6.12. The average Bonchev–Trinajstić information content (AvgIpc) is 2.96. The van der Waals surface area contributed by atoms with Gasteiger partial charge in [-0.3, -0.25) is 9.48 Å². The lowest BCUT2D eigenvalue weighted by Gasteiger charge is -2.08. The molecule has 0 amide bonds. The number of carboxylic acids is 1. The molecular weight excluding hydrogens is 274 g/mol. The molecule has 8 nitrogen and oxygen atoms in total. The SMILES string of the molecule is O=C(O)Cn1cc(S(=O)(=O)NCC2CCOC2)cn1. The Morgan fingerprint density at radius 2 is 2.42 bits per heavy atom. The van der Waals surface area contributed by atoms with Crippen molar-refractivity contribution in [3.63, 3.8) is 0 Å². The molecule has 1 unspecified atom stereocenters. The van der Waals surface area contributed by atoms with Gasteiger partial charge in [-0.1, -0.05) is 0 Å². The van der Waals surface area contributed by atoms with Gasteiger partial charge in [0.05, 0.1) is 12.8 Å². The van der Waals surface area contributed by atoms with Crippen molar-refractivity contribution < 1.29 is 23.1 Å². The molecule has 1 aromatic rings. The normalized spacial score (nSPS) is 19.7. The van der Waals surface area contributed by atoms with E-state index in [1.54, 1.807) is 0 Å². The van der Waals surface area contributed by atoms with Crippen LogP contribution in [0.3, 0.4) is 0 Å². The van der Waals surface area contributed by atoms with Gasteiger partial charge in [-0.15, -0.1) is 0 Å². The van der Waals surface area contributed by atoms with Gasteiger partial charge in [0.2, 0.25) is 10.0 Å². The number of nitrogens with one attached hydrogen (secondary N) is 1. The standard InChI is InChI=1S/C10H15N3O5S/c14-10(15)6-13-5-9(4-11-13)19(16,17)12-3-8-1-2-18-7-8/h4-5,8,12H,1-3,6-7H2,(H,14,15). The van der Waals surface area contributed by atoms with E-state index in [1.165, 1.54) is 6.20 Å². The number of hydrogen-bond donors (Lipinski definition) is 2. The van der Waals surface area contributed by atoms with Gasteiger partial charge in [0.15, 0.2) is 0 Å². The largest absolute Gasteiger partial charge is 0.480 e. The third-order valence-electron chi connectivity index (χ3n) is 2.80. The van der Waals surface area contributed by atoms with Gasteiger partial charge < -0.3 is 9.84 Å². The number of carbonyl (C=O) groups is 1. The summed E-state index contributed by atoms with van der Waals surface area (Å²) in [5, 5.41) is 12.3. The Labute approximate surface area is 110 Å². The maximum absolute atomic E-state index is 11.9. The maximum Gasteiger partial charge on any atom is 0.325 e. The molecule has 1 atom stereocenters. The third kappa shape index (κ3) is 3.75. The zero-order valence-electron chi connectivity index (χ0n) is 10.2. The van der Waals surface area contributed by atoms with Crippen LogP contribution in [0.4, 0.5) is 0 Å². The fourth-order valence-corrected chi connectivity index (χ4v) is 2.83. The molecule has 2 heterocycles. The molecule has 106 valence electrons. The van der Waals surface area contributed by atoms with Crippen molar-refractivity contribution in [1.29, 1.82) is 0 Å². The number of carboxylic acid groups (broad SMARTS) is 1. The maximum atomic E-state index is 11.9. The first kappa shape index (κ1) is 14.0. The average molecular weight is 289 g/mol. The minimum absolute atomic E-state index is 0.0346. The quantitative estimate of drug-likeness (QED) is 0.715. The summed E-state index contributed by atoms with van der Waals surface area (Å²) in [4.78, 5) is 10.5. The van der Waals surface area contributed by atoms with Gasteiger partial charge in [0.1, 0.15) is 11.4 Å². The number of hydrogen-bond acceptors (Lipinski definition) is 5. The Morgan fingerprint density at radius 1 is 1.63 bits per heavy atom. The Hall–Kier alpha value is -1.45. The van der Waals surface area contributed by atoms with Crippen molar-refractivity contribution >= 4 is 16.0 Å². The van der Waals surface area contributed by atoms with E-state index in [1.807, 2.05) is 0 Å². The van der Waals surface area contributed by atoms with Crippen molar-refractivity contribution in [2.45, 2.75) is 17.9 Å². The number of ether oxygens (including phenoxy) is 1. The minimum Gasteiger partial charge on any atom is -0.480 e. The number of aromatic nitrogens is 2. The first-order valence-electron chi connectivity index (χ1n) is 5.79. The lowest BCUT2D eigenvalue weighted by atomic mass is 10.1. The highest BCUT2D eigenvalue weighted by Gasteiger charge is 2.21. The summed E-state index contributed by atoms with van der Waals surface area (Å²) in [6.45, 7) is 1.15. The lowest BCUT2D eigenvalue weighted by molar-refractivity contribution is -0.137. The van der Waals surface area contributed by atoms with Crippen LogP contribution in [0.15, 0.2) is 17.3 Å². The highest BCUT2D eigenvalue weighted by atomic mass is 32.2. The smallest absolute Gasteiger partial charge is 0.325 e. The fraction of sp³-hybridized carbons (Fsp3) is 0.600. The second kappa shape index (κ2) is 5.68. The molecule has 1 aromatic heterocycles. The molecule has 0 aromatic carbocycles. The fourth-order valence-electron chi connectivity index (χ4n) is 1.76. The first-order valence-corrected chi connectivity index (χ1v) is 7.27. The number of aliphatic carboxylic acids is 1. The van der Waals surface area contributed by atoms with E-state index >= 15 is 0 Å². The first-order chi connectivity index (χ1) is 8.97. The summed E-state index contributed by atoms with van der Waals surface area (Å²) in [5.41, 5.74) is 0. The van der Waals surface area contributed by atoms with E-state index in [-0.39, 0.29) is 17.4 Å². The molecule has 0 saturated carbocycles. The zero-order valence-corrected chi connectivity index (χ0v) is 11.0. The Morgan fingerprint density at radius 3 is 3.05 bits per heavy atom. The third-order valence-corrected chi connectivity index (χ3v) is 4.18. The van der Waals surface area contributed by atoms with Crippen LogP contribution in [0.2, 0.25) is 0 Å². The van der Waals surface area contributed by atoms with Gasteiger partial charge in [-0.2, -0.15) is 5.10 Å². The molecule has 0 radical (unpaired) electrons. The molecule has 0 aliphatic carbocycles. The van der Waals surface area contributed by atoms with E-state index in [9.17, 15) is 13.2 Å². The summed E-state index contributed by atoms with van der Waals surface area (Å²) < 4.78 is 32.6. The van der Waals surface area contributed by atoms with E-state index in [4.69, 9.17) is 9.84 Å². The number of sulfonamides is 1. The van der Waals surface area contributed by atoms with Gasteiger partial charge in [0, 0.05) is 19.3 Å².